The van der Waals surface area contributed by atoms with Gasteiger partial charge in [0.15, 0.2) is 0 Å². The molecule has 2 fully saturated rings. The van der Waals surface area contributed by atoms with Crippen LogP contribution in [0.15, 0.2) is 30.3 Å². The zero-order valence-electron chi connectivity index (χ0n) is 13.3. The van der Waals surface area contributed by atoms with E-state index in [9.17, 15) is 4.79 Å². The first-order valence-corrected chi connectivity index (χ1v) is 8.62. The number of hydrogen-bond donors (Lipinski definition) is 1. The quantitative estimate of drug-likeness (QED) is 0.908. The Labute approximate surface area is 133 Å². The molecule has 1 N–H and O–H groups in total. The maximum absolute atomic E-state index is 11.9. The zero-order chi connectivity index (χ0) is 15.2. The Morgan fingerprint density at radius 2 is 2.00 bits per heavy atom. The molecule has 3 rings (SSSR count). The predicted octanol–water partition coefficient (Wildman–Crippen LogP) is 2.58. The third-order valence-electron chi connectivity index (χ3n) is 4.86. The summed E-state index contributed by atoms with van der Waals surface area (Å²) < 4.78 is 0. The summed E-state index contributed by atoms with van der Waals surface area (Å²) in [4.78, 5) is 17.1. The molecule has 0 aromatic heterocycles. The van der Waals surface area contributed by atoms with Crippen molar-refractivity contribution in [3.8, 4) is 0 Å². The Balaban J connectivity index is 1.35. The second-order valence-electron chi connectivity index (χ2n) is 6.50. The number of para-hydroxylation sites is 1. The van der Waals surface area contributed by atoms with Gasteiger partial charge in [-0.05, 0) is 44.5 Å². The number of rotatable bonds is 5. The van der Waals surface area contributed by atoms with Crippen molar-refractivity contribution in [3.63, 3.8) is 0 Å². The van der Waals surface area contributed by atoms with E-state index in [2.05, 4.69) is 15.1 Å². The number of piperazine rings is 1. The molecule has 22 heavy (non-hydrogen) atoms. The second kappa shape index (κ2) is 7.75. The fourth-order valence-electron chi connectivity index (χ4n) is 3.63. The standard InChI is InChI=1S/C18H27N3O/c22-18(19-16-7-2-1-3-8-16)10-6-11-20-13-14-21-12-5-4-9-17(21)15-20/h1-3,7-8,17H,4-6,9-15H2,(H,19,22). The first-order chi connectivity index (χ1) is 10.8. The molecular weight excluding hydrogens is 274 g/mol. The molecule has 0 aliphatic carbocycles. The lowest BCUT2D eigenvalue weighted by molar-refractivity contribution is -0.116. The van der Waals surface area contributed by atoms with E-state index in [4.69, 9.17) is 0 Å². The van der Waals surface area contributed by atoms with Gasteiger partial charge in [0.05, 0.1) is 0 Å². The summed E-state index contributed by atoms with van der Waals surface area (Å²) >= 11 is 0. The number of carbonyl (C=O) groups is 1. The summed E-state index contributed by atoms with van der Waals surface area (Å²) in [7, 11) is 0. The number of amides is 1. The van der Waals surface area contributed by atoms with E-state index in [1.807, 2.05) is 30.3 Å². The zero-order valence-corrected chi connectivity index (χ0v) is 13.3. The normalized spacial score (nSPS) is 23.0. The van der Waals surface area contributed by atoms with Gasteiger partial charge in [0.25, 0.3) is 0 Å². The van der Waals surface area contributed by atoms with E-state index in [0.717, 1.165) is 31.2 Å². The van der Waals surface area contributed by atoms with E-state index < -0.39 is 0 Å². The lowest BCUT2D eigenvalue weighted by Crippen LogP contribution is -2.54. The van der Waals surface area contributed by atoms with Gasteiger partial charge < -0.3 is 10.2 Å². The number of nitrogens with one attached hydrogen (secondary N) is 1. The molecule has 0 saturated carbocycles. The lowest BCUT2D eigenvalue weighted by atomic mass is 9.99. The van der Waals surface area contributed by atoms with Crippen molar-refractivity contribution in [1.29, 1.82) is 0 Å². The number of fused-ring (bicyclic) bond motifs is 1. The van der Waals surface area contributed by atoms with Crippen molar-refractivity contribution in [3.05, 3.63) is 30.3 Å². The highest BCUT2D eigenvalue weighted by Gasteiger charge is 2.28. The van der Waals surface area contributed by atoms with Gasteiger partial charge in [-0.15, -0.1) is 0 Å². The maximum Gasteiger partial charge on any atom is 0.224 e. The molecule has 1 amide bonds. The average molecular weight is 301 g/mol. The van der Waals surface area contributed by atoms with Gasteiger partial charge in [-0.1, -0.05) is 24.6 Å². The monoisotopic (exact) mass is 301 g/mol. The Morgan fingerprint density at radius 1 is 1.14 bits per heavy atom. The van der Waals surface area contributed by atoms with E-state index in [1.54, 1.807) is 0 Å². The molecule has 1 unspecified atom stereocenters. The van der Waals surface area contributed by atoms with E-state index >= 15 is 0 Å². The summed E-state index contributed by atoms with van der Waals surface area (Å²) in [6.07, 6.45) is 5.67. The first kappa shape index (κ1) is 15.5. The minimum Gasteiger partial charge on any atom is -0.326 e. The van der Waals surface area contributed by atoms with Crippen molar-refractivity contribution in [2.75, 3.05) is 38.0 Å². The number of anilines is 1. The minimum absolute atomic E-state index is 0.127. The van der Waals surface area contributed by atoms with E-state index in [0.29, 0.717) is 6.42 Å². The Hall–Kier alpha value is -1.39. The SMILES string of the molecule is O=C(CCCN1CCN2CCCCC2C1)Nc1ccccc1. The number of hydrogen-bond acceptors (Lipinski definition) is 3. The highest BCUT2D eigenvalue weighted by molar-refractivity contribution is 5.90. The fourth-order valence-corrected chi connectivity index (χ4v) is 3.63. The van der Waals surface area contributed by atoms with Crippen molar-refractivity contribution in [2.24, 2.45) is 0 Å². The molecule has 4 heteroatoms. The van der Waals surface area contributed by atoms with Gasteiger partial charge in [0, 0.05) is 37.8 Å². The number of benzene rings is 1. The molecule has 1 aromatic rings. The Kier molecular flexibility index (Phi) is 5.46. The molecule has 2 aliphatic rings. The van der Waals surface area contributed by atoms with E-state index in [-0.39, 0.29) is 5.91 Å². The fraction of sp³-hybridized carbons (Fsp3) is 0.611. The van der Waals surface area contributed by atoms with Crippen molar-refractivity contribution in [2.45, 2.75) is 38.1 Å². The summed E-state index contributed by atoms with van der Waals surface area (Å²) in [6.45, 7) is 5.91. The van der Waals surface area contributed by atoms with Crippen LogP contribution in [0.2, 0.25) is 0 Å². The van der Waals surface area contributed by atoms with Crippen molar-refractivity contribution >= 4 is 11.6 Å². The predicted molar refractivity (Wildman–Crippen MR) is 90.0 cm³/mol. The second-order valence-corrected chi connectivity index (χ2v) is 6.50. The highest BCUT2D eigenvalue weighted by atomic mass is 16.1. The summed E-state index contributed by atoms with van der Waals surface area (Å²) in [6, 6.07) is 10.5. The van der Waals surface area contributed by atoms with Crippen LogP contribution in [0.1, 0.15) is 32.1 Å². The minimum atomic E-state index is 0.127. The molecule has 0 bridgehead atoms. The van der Waals surface area contributed by atoms with Gasteiger partial charge in [-0.25, -0.2) is 0 Å². The maximum atomic E-state index is 11.9. The van der Waals surface area contributed by atoms with Crippen molar-refractivity contribution in [1.82, 2.24) is 9.80 Å². The summed E-state index contributed by atoms with van der Waals surface area (Å²) in [5.41, 5.74) is 0.892. The van der Waals surface area contributed by atoms with Crippen molar-refractivity contribution < 1.29 is 4.79 Å². The number of nitrogens with zero attached hydrogens (tertiary/aromatic N) is 2. The van der Waals surface area contributed by atoms with Crippen LogP contribution in [0.5, 0.6) is 0 Å². The molecular formula is C18H27N3O. The molecule has 2 saturated heterocycles. The Bertz CT molecular complexity index is 476. The third kappa shape index (κ3) is 4.31. The lowest BCUT2D eigenvalue weighted by Gasteiger charge is -2.44. The first-order valence-electron chi connectivity index (χ1n) is 8.62. The van der Waals surface area contributed by atoms with Gasteiger partial charge in [0.2, 0.25) is 5.91 Å². The highest BCUT2D eigenvalue weighted by Crippen LogP contribution is 2.21. The van der Waals surface area contributed by atoms with Gasteiger partial charge >= 0.3 is 0 Å². The van der Waals surface area contributed by atoms with Crippen LogP contribution in [-0.4, -0.2) is 54.5 Å². The molecule has 1 atom stereocenters. The van der Waals surface area contributed by atoms with Crippen LogP contribution in [0, 0.1) is 0 Å². The molecule has 0 radical (unpaired) electrons. The van der Waals surface area contributed by atoms with Crippen LogP contribution in [0.3, 0.4) is 0 Å². The summed E-state index contributed by atoms with van der Waals surface area (Å²) in [5, 5.41) is 2.96. The van der Waals surface area contributed by atoms with Crippen LogP contribution in [0.4, 0.5) is 5.69 Å². The molecule has 0 spiro atoms. The number of piperidine rings is 1. The van der Waals surface area contributed by atoms with E-state index in [1.165, 1.54) is 38.9 Å². The topological polar surface area (TPSA) is 35.6 Å². The Morgan fingerprint density at radius 3 is 2.86 bits per heavy atom. The summed E-state index contributed by atoms with van der Waals surface area (Å²) in [5.74, 6) is 0.127. The van der Waals surface area contributed by atoms with Crippen LogP contribution in [0.25, 0.3) is 0 Å². The molecule has 120 valence electrons. The molecule has 2 heterocycles. The van der Waals surface area contributed by atoms with Crippen LogP contribution >= 0.6 is 0 Å². The largest absolute Gasteiger partial charge is 0.326 e. The average Bonchev–Trinajstić information content (AvgIpc) is 2.55. The number of carbonyl (C=O) groups excluding carboxylic acids is 1. The molecule has 1 aromatic carbocycles. The third-order valence-corrected chi connectivity index (χ3v) is 4.86. The molecule has 4 nitrogen and oxygen atoms in total. The van der Waals surface area contributed by atoms with Gasteiger partial charge in [0.1, 0.15) is 0 Å². The van der Waals surface area contributed by atoms with Gasteiger partial charge in [-0.3, -0.25) is 9.69 Å². The van der Waals surface area contributed by atoms with Crippen LogP contribution < -0.4 is 5.32 Å². The smallest absolute Gasteiger partial charge is 0.224 e. The molecule has 2 aliphatic heterocycles. The van der Waals surface area contributed by atoms with Gasteiger partial charge in [-0.2, -0.15) is 0 Å². The van der Waals surface area contributed by atoms with Crippen LogP contribution in [-0.2, 0) is 4.79 Å².